The van der Waals surface area contributed by atoms with Gasteiger partial charge < -0.3 is 10.1 Å². The van der Waals surface area contributed by atoms with E-state index >= 15 is 0 Å². The minimum absolute atomic E-state index is 0.418. The molecule has 0 aliphatic heterocycles. The van der Waals surface area contributed by atoms with Crippen molar-refractivity contribution in [1.82, 2.24) is 9.59 Å². The number of rotatable bonds is 5. The smallest absolute Gasteiger partial charge is 0.136 e. The van der Waals surface area contributed by atoms with Gasteiger partial charge in [-0.3, -0.25) is 0 Å². The third kappa shape index (κ3) is 3.17. The van der Waals surface area contributed by atoms with Crippen molar-refractivity contribution in [2.75, 3.05) is 11.9 Å². The van der Waals surface area contributed by atoms with E-state index < -0.39 is 0 Å². The minimum atomic E-state index is 0.418. The van der Waals surface area contributed by atoms with Crippen molar-refractivity contribution in [3.05, 3.63) is 34.4 Å². The van der Waals surface area contributed by atoms with Gasteiger partial charge in [-0.15, -0.1) is 5.10 Å². The molecule has 0 fully saturated rings. The van der Waals surface area contributed by atoms with Gasteiger partial charge in [-0.1, -0.05) is 16.6 Å². The molecule has 1 aromatic carbocycles. The Hall–Kier alpha value is -1.14. The molecule has 2 rings (SSSR count). The number of anilines is 1. The number of halogens is 1. The number of hydrogen-bond donors (Lipinski definition) is 1. The Labute approximate surface area is 112 Å². The monoisotopic (exact) mass is 313 g/mol. The van der Waals surface area contributed by atoms with Crippen LogP contribution in [-0.2, 0) is 6.61 Å². The van der Waals surface area contributed by atoms with E-state index in [4.69, 9.17) is 4.74 Å². The summed E-state index contributed by atoms with van der Waals surface area (Å²) in [6.45, 7) is 3.31. The highest BCUT2D eigenvalue weighted by atomic mass is 79.9. The minimum Gasteiger partial charge on any atom is -0.486 e. The number of hydrogen-bond acceptors (Lipinski definition) is 5. The zero-order chi connectivity index (χ0) is 12.1. The lowest BCUT2D eigenvalue weighted by molar-refractivity contribution is 0.300. The van der Waals surface area contributed by atoms with Crippen LogP contribution in [0, 0.1) is 0 Å². The van der Waals surface area contributed by atoms with E-state index in [0.717, 1.165) is 27.5 Å². The van der Waals surface area contributed by atoms with E-state index in [2.05, 4.69) is 30.8 Å². The van der Waals surface area contributed by atoms with Crippen LogP contribution in [0.25, 0.3) is 0 Å². The Bertz CT molecular complexity index is 489. The lowest BCUT2D eigenvalue weighted by Gasteiger charge is -2.07. The largest absolute Gasteiger partial charge is 0.486 e. The van der Waals surface area contributed by atoms with E-state index in [1.165, 1.54) is 11.5 Å². The second-order valence-electron chi connectivity index (χ2n) is 3.30. The molecule has 1 aromatic heterocycles. The average molecular weight is 314 g/mol. The average Bonchev–Trinajstić information content (AvgIpc) is 2.76. The van der Waals surface area contributed by atoms with Crippen molar-refractivity contribution in [1.29, 1.82) is 0 Å². The first kappa shape index (κ1) is 12.3. The number of aromatic nitrogens is 2. The third-order valence-corrected chi connectivity index (χ3v) is 3.48. The summed E-state index contributed by atoms with van der Waals surface area (Å²) in [7, 11) is 0. The first-order chi connectivity index (χ1) is 8.31. The summed E-state index contributed by atoms with van der Waals surface area (Å²) in [5.74, 6) is 0.808. The molecule has 0 atom stereocenters. The summed E-state index contributed by atoms with van der Waals surface area (Å²) in [4.78, 5) is 0. The molecule has 0 saturated carbocycles. The molecular weight excluding hydrogens is 302 g/mol. The predicted octanol–water partition coefficient (Wildman–Crippen LogP) is 3.31. The highest BCUT2D eigenvalue weighted by Gasteiger charge is 2.08. The van der Waals surface area contributed by atoms with E-state index in [-0.39, 0.29) is 0 Å². The molecule has 0 radical (unpaired) electrons. The molecule has 0 unspecified atom stereocenters. The van der Waals surface area contributed by atoms with Gasteiger partial charge in [0.05, 0.1) is 4.47 Å². The lowest BCUT2D eigenvalue weighted by Crippen LogP contribution is -2.02. The van der Waals surface area contributed by atoms with Crippen LogP contribution >= 0.6 is 27.5 Å². The van der Waals surface area contributed by atoms with Crippen molar-refractivity contribution in [2.24, 2.45) is 0 Å². The van der Waals surface area contributed by atoms with Gasteiger partial charge >= 0.3 is 0 Å². The van der Waals surface area contributed by atoms with Gasteiger partial charge in [0, 0.05) is 18.1 Å². The quantitative estimate of drug-likeness (QED) is 0.920. The summed E-state index contributed by atoms with van der Waals surface area (Å²) in [6, 6.07) is 7.74. The molecule has 0 saturated heterocycles. The van der Waals surface area contributed by atoms with Crippen molar-refractivity contribution in [2.45, 2.75) is 13.5 Å². The molecule has 17 heavy (non-hydrogen) atoms. The number of benzene rings is 1. The van der Waals surface area contributed by atoms with Gasteiger partial charge in [0.2, 0.25) is 0 Å². The van der Waals surface area contributed by atoms with E-state index in [0.29, 0.717) is 6.61 Å². The van der Waals surface area contributed by atoms with E-state index in [9.17, 15) is 0 Å². The zero-order valence-electron chi connectivity index (χ0n) is 9.31. The lowest BCUT2D eigenvalue weighted by atomic mass is 10.3. The Morgan fingerprint density at radius 3 is 3.00 bits per heavy atom. The molecule has 1 heterocycles. The first-order valence-corrected chi connectivity index (χ1v) is 6.80. The maximum Gasteiger partial charge on any atom is 0.136 e. The highest BCUT2D eigenvalue weighted by molar-refractivity contribution is 9.10. The zero-order valence-corrected chi connectivity index (χ0v) is 11.7. The van der Waals surface area contributed by atoms with Crippen LogP contribution < -0.4 is 10.1 Å². The summed E-state index contributed by atoms with van der Waals surface area (Å²) in [5.41, 5.74) is 0.840. The van der Waals surface area contributed by atoms with E-state index in [1.807, 2.05) is 31.2 Å². The van der Waals surface area contributed by atoms with E-state index in [1.54, 1.807) is 0 Å². The van der Waals surface area contributed by atoms with Crippen LogP contribution in [-0.4, -0.2) is 16.1 Å². The molecule has 0 aliphatic rings. The molecule has 0 bridgehead atoms. The fourth-order valence-electron chi connectivity index (χ4n) is 1.31. The summed E-state index contributed by atoms with van der Waals surface area (Å²) in [5, 5.41) is 8.23. The normalized spacial score (nSPS) is 10.2. The second kappa shape index (κ2) is 5.97. The maximum atomic E-state index is 5.69. The Balaban J connectivity index is 2.02. The molecule has 1 N–H and O–H groups in total. The summed E-state index contributed by atoms with van der Waals surface area (Å²) < 4.78 is 10.5. The van der Waals surface area contributed by atoms with Crippen LogP contribution in [0.15, 0.2) is 28.7 Å². The Kier molecular flexibility index (Phi) is 4.33. The van der Waals surface area contributed by atoms with Gasteiger partial charge in [0.25, 0.3) is 0 Å². The first-order valence-electron chi connectivity index (χ1n) is 5.23. The van der Waals surface area contributed by atoms with Gasteiger partial charge in [0.15, 0.2) is 0 Å². The molecule has 90 valence electrons. The van der Waals surface area contributed by atoms with Crippen molar-refractivity contribution < 1.29 is 4.74 Å². The summed E-state index contributed by atoms with van der Waals surface area (Å²) in [6.07, 6.45) is 0. The van der Waals surface area contributed by atoms with Gasteiger partial charge in [0.1, 0.15) is 23.1 Å². The third-order valence-electron chi connectivity index (χ3n) is 2.09. The predicted molar refractivity (Wildman–Crippen MR) is 72.5 cm³/mol. The fourth-order valence-corrected chi connectivity index (χ4v) is 2.34. The number of ether oxygens (including phenoxy) is 1. The summed E-state index contributed by atoms with van der Waals surface area (Å²) >= 11 is 4.79. The number of para-hydroxylation sites is 1. The van der Waals surface area contributed by atoms with Gasteiger partial charge in [-0.25, -0.2) is 0 Å². The van der Waals surface area contributed by atoms with Crippen molar-refractivity contribution in [3.63, 3.8) is 0 Å². The van der Waals surface area contributed by atoms with Crippen molar-refractivity contribution >= 4 is 32.5 Å². The number of nitrogens with one attached hydrogen (secondary N) is 1. The molecule has 0 aliphatic carbocycles. The van der Waals surface area contributed by atoms with Gasteiger partial charge in [-0.05, 0) is 35.0 Å². The Morgan fingerprint density at radius 2 is 2.24 bits per heavy atom. The standard InChI is InChI=1S/C11H12BrN3OS/c1-2-13-11-9(14-15-17-11)7-16-10-6-4-3-5-8(10)12/h3-6,13H,2,7H2,1H3. The molecule has 6 heteroatoms. The second-order valence-corrected chi connectivity index (χ2v) is 4.91. The van der Waals surface area contributed by atoms with Gasteiger partial charge in [-0.2, -0.15) is 0 Å². The molecule has 2 aromatic rings. The molecular formula is C11H12BrN3OS. The Morgan fingerprint density at radius 1 is 1.41 bits per heavy atom. The molecule has 4 nitrogen and oxygen atoms in total. The molecule has 0 spiro atoms. The van der Waals surface area contributed by atoms with Crippen LogP contribution in [0.5, 0.6) is 5.75 Å². The topological polar surface area (TPSA) is 47.0 Å². The SMILES string of the molecule is CCNc1snnc1COc1ccccc1Br. The number of nitrogens with zero attached hydrogens (tertiary/aromatic N) is 2. The highest BCUT2D eigenvalue weighted by Crippen LogP contribution is 2.26. The van der Waals surface area contributed by atoms with Crippen LogP contribution in [0.3, 0.4) is 0 Å². The van der Waals surface area contributed by atoms with Crippen molar-refractivity contribution in [3.8, 4) is 5.75 Å². The fraction of sp³-hybridized carbons (Fsp3) is 0.273. The van der Waals surface area contributed by atoms with Crippen LogP contribution in [0.2, 0.25) is 0 Å². The molecule has 0 amide bonds. The maximum absolute atomic E-state index is 5.69. The van der Waals surface area contributed by atoms with Crippen LogP contribution in [0.4, 0.5) is 5.00 Å². The van der Waals surface area contributed by atoms with Crippen LogP contribution in [0.1, 0.15) is 12.6 Å².